The molecule has 1 saturated heterocycles. The van der Waals surface area contributed by atoms with E-state index in [4.69, 9.17) is 0 Å². The highest BCUT2D eigenvalue weighted by molar-refractivity contribution is 7.17. The first kappa shape index (κ1) is 14.8. The molecule has 0 atom stereocenters. The number of thiazole rings is 1. The van der Waals surface area contributed by atoms with Gasteiger partial charge in [-0.25, -0.2) is 9.78 Å². The average Bonchev–Trinajstić information content (AvgIpc) is 3.25. The van der Waals surface area contributed by atoms with Gasteiger partial charge in [-0.1, -0.05) is 18.3 Å². The number of carbonyl (C=O) groups is 1. The van der Waals surface area contributed by atoms with E-state index in [-0.39, 0.29) is 0 Å². The normalized spacial score (nSPS) is 20.7. The molecule has 116 valence electrons. The maximum atomic E-state index is 11.4. The summed E-state index contributed by atoms with van der Waals surface area (Å²) in [5.74, 6) is -0.439. The molecule has 1 N–H and O–H groups in total. The van der Waals surface area contributed by atoms with Crippen LogP contribution in [0.5, 0.6) is 0 Å². The fourth-order valence-electron chi connectivity index (χ4n) is 3.04. The molecule has 5 nitrogen and oxygen atoms in total. The number of hydrogen-bond acceptors (Lipinski definition) is 5. The molecule has 2 fully saturated rings. The molecule has 0 amide bonds. The number of likely N-dealkylation sites (tertiary alicyclic amines) is 1. The minimum atomic E-state index is -0.824. The van der Waals surface area contributed by atoms with Gasteiger partial charge in [-0.15, -0.1) is 0 Å². The molecule has 0 unspecified atom stereocenters. The third-order valence-corrected chi connectivity index (χ3v) is 5.80. The molecular weight excluding hydrogens is 286 g/mol. The summed E-state index contributed by atoms with van der Waals surface area (Å²) >= 11 is 1.35. The van der Waals surface area contributed by atoms with Crippen LogP contribution in [0.1, 0.15) is 53.9 Å². The Morgan fingerprint density at radius 1 is 1.38 bits per heavy atom. The molecule has 0 spiro atoms. The van der Waals surface area contributed by atoms with Crippen LogP contribution in [-0.4, -0.2) is 53.7 Å². The van der Waals surface area contributed by atoms with Crippen LogP contribution in [0.4, 0.5) is 5.13 Å². The molecule has 1 saturated carbocycles. The third kappa shape index (κ3) is 3.06. The Bertz CT molecular complexity index is 519. The smallest absolute Gasteiger partial charge is 0.347 e. The first-order valence-corrected chi connectivity index (χ1v) is 8.61. The fraction of sp³-hybridized carbons (Fsp3) is 0.733. The summed E-state index contributed by atoms with van der Waals surface area (Å²) in [4.78, 5) is 21.2. The summed E-state index contributed by atoms with van der Waals surface area (Å²) in [5, 5.41) is 10.2. The summed E-state index contributed by atoms with van der Waals surface area (Å²) < 4.78 is 0. The summed E-state index contributed by atoms with van der Waals surface area (Å²) in [6, 6.07) is 0.479. The molecule has 1 aromatic heterocycles. The largest absolute Gasteiger partial charge is 0.477 e. The predicted octanol–water partition coefficient (Wildman–Crippen LogP) is 2.64. The van der Waals surface area contributed by atoms with E-state index in [1.165, 1.54) is 11.3 Å². The Hall–Kier alpha value is -1.14. The molecule has 21 heavy (non-hydrogen) atoms. The maximum absolute atomic E-state index is 11.4. The lowest BCUT2D eigenvalue weighted by molar-refractivity contribution is 0.0700. The number of hydrogen-bond donors (Lipinski definition) is 1. The molecule has 1 aliphatic carbocycles. The topological polar surface area (TPSA) is 56.7 Å². The van der Waals surface area contributed by atoms with E-state index in [9.17, 15) is 9.90 Å². The third-order valence-electron chi connectivity index (χ3n) is 4.65. The Kier molecular flexibility index (Phi) is 4.17. The van der Waals surface area contributed by atoms with Crippen molar-refractivity contribution in [3.63, 3.8) is 0 Å². The fourth-order valence-corrected chi connectivity index (χ4v) is 4.06. The van der Waals surface area contributed by atoms with Gasteiger partial charge in [0, 0.05) is 32.1 Å². The highest BCUT2D eigenvalue weighted by Gasteiger charge is 2.33. The van der Waals surface area contributed by atoms with Gasteiger partial charge in [-0.3, -0.25) is 0 Å². The molecular formula is C15H23N3O2S. The van der Waals surface area contributed by atoms with E-state index in [1.807, 2.05) is 0 Å². The predicted molar refractivity (Wildman–Crippen MR) is 84.6 cm³/mol. The Morgan fingerprint density at radius 3 is 2.57 bits per heavy atom. The van der Waals surface area contributed by atoms with Crippen LogP contribution < -0.4 is 4.90 Å². The first-order chi connectivity index (χ1) is 10.1. The number of aromatic nitrogens is 1. The molecule has 0 aromatic carbocycles. The maximum Gasteiger partial charge on any atom is 0.347 e. The second-order valence-electron chi connectivity index (χ2n) is 6.07. The monoisotopic (exact) mass is 309 g/mol. The van der Waals surface area contributed by atoms with E-state index < -0.39 is 5.97 Å². The zero-order valence-electron chi connectivity index (χ0n) is 12.7. The van der Waals surface area contributed by atoms with E-state index in [2.05, 4.69) is 28.8 Å². The van der Waals surface area contributed by atoms with Gasteiger partial charge in [0.2, 0.25) is 0 Å². The van der Waals surface area contributed by atoms with Gasteiger partial charge >= 0.3 is 5.97 Å². The van der Waals surface area contributed by atoms with Crippen molar-refractivity contribution in [3.8, 4) is 0 Å². The van der Waals surface area contributed by atoms with Crippen molar-refractivity contribution in [2.45, 2.75) is 44.6 Å². The molecule has 1 aliphatic heterocycles. The quantitative estimate of drug-likeness (QED) is 0.906. The minimum Gasteiger partial charge on any atom is -0.477 e. The van der Waals surface area contributed by atoms with Gasteiger partial charge in [0.25, 0.3) is 0 Å². The lowest BCUT2D eigenvalue weighted by Gasteiger charge is -2.36. The van der Waals surface area contributed by atoms with Gasteiger partial charge in [-0.05, 0) is 32.2 Å². The van der Waals surface area contributed by atoms with Crippen molar-refractivity contribution in [1.29, 1.82) is 0 Å². The van der Waals surface area contributed by atoms with Gasteiger partial charge in [-0.2, -0.15) is 0 Å². The number of aromatic carboxylic acids is 1. The molecule has 2 aliphatic rings. The highest BCUT2D eigenvalue weighted by Crippen LogP contribution is 2.44. The standard InChI is InChI=1S/C15H23N3O2S/c1-3-18-8-6-11(7-9-18)17(2)15-16-12(10-4-5-10)13(21-15)14(19)20/h10-11H,3-9H2,1-2H3,(H,19,20). The second kappa shape index (κ2) is 5.93. The summed E-state index contributed by atoms with van der Waals surface area (Å²) in [7, 11) is 2.06. The lowest BCUT2D eigenvalue weighted by Crippen LogP contribution is -2.43. The molecule has 0 bridgehead atoms. The number of anilines is 1. The van der Waals surface area contributed by atoms with E-state index >= 15 is 0 Å². The number of carboxylic acids is 1. The van der Waals surface area contributed by atoms with E-state index in [0.29, 0.717) is 16.8 Å². The van der Waals surface area contributed by atoms with E-state index in [1.54, 1.807) is 0 Å². The van der Waals surface area contributed by atoms with Gasteiger partial charge < -0.3 is 14.9 Å². The number of rotatable bonds is 5. The number of carboxylic acid groups (broad SMARTS) is 1. The van der Waals surface area contributed by atoms with Crippen LogP contribution in [0.15, 0.2) is 0 Å². The van der Waals surface area contributed by atoms with Crippen LogP contribution in [-0.2, 0) is 0 Å². The van der Waals surface area contributed by atoms with Crippen molar-refractivity contribution in [2.24, 2.45) is 0 Å². The van der Waals surface area contributed by atoms with Crippen LogP contribution in [0, 0.1) is 0 Å². The van der Waals surface area contributed by atoms with Gasteiger partial charge in [0.1, 0.15) is 4.88 Å². The first-order valence-electron chi connectivity index (χ1n) is 7.79. The van der Waals surface area contributed by atoms with Crippen LogP contribution in [0.2, 0.25) is 0 Å². The second-order valence-corrected chi connectivity index (χ2v) is 7.04. The Balaban J connectivity index is 1.74. The molecule has 3 rings (SSSR count). The van der Waals surface area contributed by atoms with Gasteiger partial charge in [0.15, 0.2) is 5.13 Å². The highest BCUT2D eigenvalue weighted by atomic mass is 32.1. The van der Waals surface area contributed by atoms with Crippen molar-refractivity contribution < 1.29 is 9.90 Å². The molecule has 2 heterocycles. The van der Waals surface area contributed by atoms with Crippen molar-refractivity contribution in [1.82, 2.24) is 9.88 Å². The van der Waals surface area contributed by atoms with Gasteiger partial charge in [0.05, 0.1) is 5.69 Å². The van der Waals surface area contributed by atoms with Crippen LogP contribution >= 0.6 is 11.3 Å². The molecule has 6 heteroatoms. The number of nitrogens with zero attached hydrogens (tertiary/aromatic N) is 3. The summed E-state index contributed by atoms with van der Waals surface area (Å²) in [6.07, 6.45) is 4.43. The van der Waals surface area contributed by atoms with Crippen LogP contribution in [0.3, 0.4) is 0 Å². The van der Waals surface area contributed by atoms with Crippen molar-refractivity contribution >= 4 is 22.4 Å². The van der Waals surface area contributed by atoms with E-state index in [0.717, 1.165) is 56.1 Å². The van der Waals surface area contributed by atoms with Crippen molar-refractivity contribution in [2.75, 3.05) is 31.6 Å². The zero-order valence-corrected chi connectivity index (χ0v) is 13.5. The number of piperidine rings is 1. The van der Waals surface area contributed by atoms with Crippen LogP contribution in [0.25, 0.3) is 0 Å². The lowest BCUT2D eigenvalue weighted by atomic mass is 10.0. The summed E-state index contributed by atoms with van der Waals surface area (Å²) in [5.41, 5.74) is 0.820. The van der Waals surface area contributed by atoms with Crippen molar-refractivity contribution in [3.05, 3.63) is 10.6 Å². The average molecular weight is 309 g/mol. The summed E-state index contributed by atoms with van der Waals surface area (Å²) in [6.45, 7) is 5.56. The minimum absolute atomic E-state index is 0.386. The Labute approximate surface area is 129 Å². The molecule has 1 aromatic rings. The SMILES string of the molecule is CCN1CCC(N(C)c2nc(C3CC3)c(C(=O)O)s2)CC1. The molecule has 0 radical (unpaired) electrons. The zero-order chi connectivity index (χ0) is 15.0. The Morgan fingerprint density at radius 2 is 2.05 bits per heavy atom.